The quantitative estimate of drug-likeness (QED) is 0.777. The Kier molecular flexibility index (Phi) is 4.99. The fraction of sp³-hybridized carbons (Fsp3) is 0.632. The van der Waals surface area contributed by atoms with Crippen LogP contribution in [0.1, 0.15) is 36.3 Å². The van der Waals surface area contributed by atoms with Crippen molar-refractivity contribution in [2.45, 2.75) is 45.7 Å². The molecule has 150 valence electrons. The van der Waals surface area contributed by atoms with Crippen LogP contribution < -0.4 is 0 Å². The number of amides is 2. The van der Waals surface area contributed by atoms with Gasteiger partial charge in [-0.1, -0.05) is 5.16 Å². The van der Waals surface area contributed by atoms with Crippen molar-refractivity contribution in [3.05, 3.63) is 17.0 Å². The van der Waals surface area contributed by atoms with Crippen LogP contribution in [0.25, 0.3) is 0 Å². The van der Waals surface area contributed by atoms with Crippen molar-refractivity contribution in [2.75, 3.05) is 26.2 Å². The van der Waals surface area contributed by atoms with Crippen molar-refractivity contribution in [2.24, 2.45) is 15.9 Å². The third-order valence-corrected chi connectivity index (χ3v) is 5.60. The van der Waals surface area contributed by atoms with Gasteiger partial charge in [-0.15, -0.1) is 0 Å². The van der Waals surface area contributed by atoms with Gasteiger partial charge >= 0.3 is 0 Å². The van der Waals surface area contributed by atoms with E-state index in [1.54, 1.807) is 0 Å². The van der Waals surface area contributed by atoms with E-state index >= 15 is 0 Å². The largest absolute Gasteiger partial charge is 0.361 e. The number of aromatic nitrogens is 1. The SMILES string of the molecule is Cc1noc(C)c1CCC(=O)N1CCN(C2=NC(=O)C(F)C(C3CC3)=N2)CC1. The molecule has 1 atom stereocenters. The smallest absolute Gasteiger partial charge is 0.289 e. The first-order valence-electron chi connectivity index (χ1n) is 9.73. The first-order chi connectivity index (χ1) is 13.4. The summed E-state index contributed by atoms with van der Waals surface area (Å²) < 4.78 is 19.2. The molecule has 3 aliphatic rings. The van der Waals surface area contributed by atoms with Gasteiger partial charge in [0.2, 0.25) is 18.0 Å². The highest BCUT2D eigenvalue weighted by atomic mass is 19.1. The Labute approximate surface area is 162 Å². The molecule has 0 radical (unpaired) electrons. The molecular formula is C19H24FN5O3. The van der Waals surface area contributed by atoms with Crippen molar-refractivity contribution in [3.8, 4) is 0 Å². The highest BCUT2D eigenvalue weighted by Crippen LogP contribution is 2.34. The van der Waals surface area contributed by atoms with Gasteiger partial charge < -0.3 is 14.3 Å². The molecule has 4 rings (SSSR count). The molecule has 1 unspecified atom stereocenters. The lowest BCUT2D eigenvalue weighted by molar-refractivity contribution is -0.132. The Morgan fingerprint density at radius 1 is 1.18 bits per heavy atom. The number of alkyl halides is 1. The second-order valence-corrected chi connectivity index (χ2v) is 7.59. The van der Waals surface area contributed by atoms with Gasteiger partial charge in [0, 0.05) is 44.1 Å². The number of aryl methyl sites for hydroxylation is 2. The van der Waals surface area contributed by atoms with E-state index in [-0.39, 0.29) is 11.8 Å². The summed E-state index contributed by atoms with van der Waals surface area (Å²) >= 11 is 0. The fourth-order valence-corrected chi connectivity index (χ4v) is 3.70. The highest BCUT2D eigenvalue weighted by molar-refractivity contribution is 6.18. The lowest BCUT2D eigenvalue weighted by Crippen LogP contribution is -2.51. The first kappa shape index (κ1) is 18.8. The second-order valence-electron chi connectivity index (χ2n) is 7.59. The molecule has 0 N–H and O–H groups in total. The number of carbonyl (C=O) groups is 2. The van der Waals surface area contributed by atoms with Gasteiger partial charge in [0.15, 0.2) is 0 Å². The van der Waals surface area contributed by atoms with E-state index in [0.29, 0.717) is 50.7 Å². The van der Waals surface area contributed by atoms with Crippen molar-refractivity contribution in [1.29, 1.82) is 0 Å². The molecule has 9 heteroatoms. The number of hydrogen-bond donors (Lipinski definition) is 0. The Hall–Kier alpha value is -2.58. The van der Waals surface area contributed by atoms with Crippen LogP contribution in [-0.2, 0) is 16.0 Å². The number of aliphatic imine (C=N–C) groups is 2. The summed E-state index contributed by atoms with van der Waals surface area (Å²) in [6, 6.07) is 0. The highest BCUT2D eigenvalue weighted by Gasteiger charge is 2.40. The lowest BCUT2D eigenvalue weighted by Gasteiger charge is -2.36. The number of piperazine rings is 1. The minimum atomic E-state index is -1.69. The maximum Gasteiger partial charge on any atom is 0.289 e. The zero-order chi connectivity index (χ0) is 19.8. The van der Waals surface area contributed by atoms with Crippen LogP contribution in [0, 0.1) is 19.8 Å². The minimum absolute atomic E-state index is 0.0762. The van der Waals surface area contributed by atoms with Crippen LogP contribution in [-0.4, -0.2) is 70.8 Å². The van der Waals surface area contributed by atoms with E-state index in [4.69, 9.17) is 4.52 Å². The zero-order valence-corrected chi connectivity index (χ0v) is 16.2. The molecule has 8 nitrogen and oxygen atoms in total. The summed E-state index contributed by atoms with van der Waals surface area (Å²) in [5.74, 6) is 0.447. The van der Waals surface area contributed by atoms with Crippen LogP contribution in [0.5, 0.6) is 0 Å². The number of carbonyl (C=O) groups excluding carboxylic acids is 2. The molecule has 2 amide bonds. The predicted octanol–water partition coefficient (Wildman–Crippen LogP) is 1.45. The number of rotatable bonds is 4. The molecule has 0 spiro atoms. The molecule has 2 aliphatic heterocycles. The number of nitrogens with zero attached hydrogens (tertiary/aromatic N) is 5. The van der Waals surface area contributed by atoms with Gasteiger partial charge in [0.25, 0.3) is 5.91 Å². The Morgan fingerprint density at radius 2 is 1.89 bits per heavy atom. The lowest BCUT2D eigenvalue weighted by atomic mass is 10.1. The number of halogens is 1. The summed E-state index contributed by atoms with van der Waals surface area (Å²) in [6.07, 6.45) is 1.08. The van der Waals surface area contributed by atoms with Crippen LogP contribution in [0.15, 0.2) is 14.5 Å². The summed E-state index contributed by atoms with van der Waals surface area (Å²) in [5, 5.41) is 3.92. The average molecular weight is 389 g/mol. The molecule has 1 saturated heterocycles. The first-order valence-corrected chi connectivity index (χ1v) is 9.73. The molecule has 28 heavy (non-hydrogen) atoms. The van der Waals surface area contributed by atoms with Gasteiger partial charge in [-0.05, 0) is 33.1 Å². The normalized spacial score (nSPS) is 23.0. The standard InChI is InChI=1S/C19H24FN5O3/c1-11-14(12(2)28-23-11)5-6-15(26)24-7-9-25(10-8-24)19-21-17(13-3-4-13)16(20)18(27)22-19/h13,16H,3-10H2,1-2H3. The molecule has 1 aromatic rings. The van der Waals surface area contributed by atoms with Crippen molar-refractivity contribution < 1.29 is 18.5 Å². The molecule has 1 aliphatic carbocycles. The van der Waals surface area contributed by atoms with Crippen LogP contribution >= 0.6 is 0 Å². The van der Waals surface area contributed by atoms with Gasteiger partial charge in [-0.25, -0.2) is 9.38 Å². The van der Waals surface area contributed by atoms with Crippen molar-refractivity contribution in [1.82, 2.24) is 15.0 Å². The van der Waals surface area contributed by atoms with Gasteiger partial charge in [-0.2, -0.15) is 4.99 Å². The van der Waals surface area contributed by atoms with E-state index in [1.165, 1.54) is 0 Å². The Morgan fingerprint density at radius 3 is 2.50 bits per heavy atom. The third-order valence-electron chi connectivity index (χ3n) is 5.60. The maximum atomic E-state index is 14.0. The van der Waals surface area contributed by atoms with E-state index in [9.17, 15) is 14.0 Å². The summed E-state index contributed by atoms with van der Waals surface area (Å²) in [5.41, 5.74) is 2.14. The fourth-order valence-electron chi connectivity index (χ4n) is 3.70. The molecule has 1 aromatic heterocycles. The zero-order valence-electron chi connectivity index (χ0n) is 16.2. The predicted molar refractivity (Wildman–Crippen MR) is 99.9 cm³/mol. The second kappa shape index (κ2) is 7.44. The van der Waals surface area contributed by atoms with Crippen molar-refractivity contribution >= 4 is 23.5 Å². The molecule has 2 fully saturated rings. The maximum absolute atomic E-state index is 14.0. The van der Waals surface area contributed by atoms with E-state index in [2.05, 4.69) is 15.1 Å². The Bertz CT molecular complexity index is 830. The number of hydrogen-bond acceptors (Lipinski definition) is 6. The number of guanidine groups is 1. The van der Waals surface area contributed by atoms with Crippen LogP contribution in [0.4, 0.5) is 4.39 Å². The summed E-state index contributed by atoms with van der Waals surface area (Å²) in [4.78, 5) is 36.2. The van der Waals surface area contributed by atoms with E-state index < -0.39 is 12.1 Å². The monoisotopic (exact) mass is 389 g/mol. The molecular weight excluding hydrogens is 365 g/mol. The van der Waals surface area contributed by atoms with Gasteiger partial charge in [0.05, 0.1) is 11.4 Å². The average Bonchev–Trinajstić information content (AvgIpc) is 3.48. The molecule has 0 aromatic carbocycles. The summed E-state index contributed by atoms with van der Waals surface area (Å²) in [6.45, 7) is 5.84. The minimum Gasteiger partial charge on any atom is -0.361 e. The molecule has 0 bridgehead atoms. The molecule has 1 saturated carbocycles. The van der Waals surface area contributed by atoms with Gasteiger partial charge in [0.1, 0.15) is 5.76 Å². The van der Waals surface area contributed by atoms with Crippen LogP contribution in [0.2, 0.25) is 0 Å². The van der Waals surface area contributed by atoms with E-state index in [0.717, 1.165) is 29.9 Å². The summed E-state index contributed by atoms with van der Waals surface area (Å²) in [7, 11) is 0. The Balaban J connectivity index is 1.32. The van der Waals surface area contributed by atoms with Gasteiger partial charge in [-0.3, -0.25) is 9.59 Å². The molecule has 3 heterocycles. The topological polar surface area (TPSA) is 91.4 Å². The van der Waals surface area contributed by atoms with Crippen LogP contribution in [0.3, 0.4) is 0 Å². The van der Waals surface area contributed by atoms with Crippen molar-refractivity contribution in [3.63, 3.8) is 0 Å². The third kappa shape index (κ3) is 3.70. The van der Waals surface area contributed by atoms with E-state index in [1.807, 2.05) is 23.6 Å².